The highest BCUT2D eigenvalue weighted by Crippen LogP contribution is 2.56. The zero-order valence-corrected chi connectivity index (χ0v) is 18.9. The van der Waals surface area contributed by atoms with Crippen molar-refractivity contribution in [2.45, 2.75) is 46.0 Å². The SMILES string of the molecule is C=C1CCC2[C@@H](C(C)CC[C@@]2(C)CO)[C@H]1CCOc1ccc(Oc2ccccc2)cc1. The van der Waals surface area contributed by atoms with E-state index in [2.05, 4.69) is 20.4 Å². The first-order chi connectivity index (χ1) is 15.0. The maximum Gasteiger partial charge on any atom is 0.127 e. The molecule has 0 radical (unpaired) electrons. The minimum Gasteiger partial charge on any atom is -0.494 e. The number of hydrogen-bond acceptors (Lipinski definition) is 3. The van der Waals surface area contributed by atoms with E-state index in [0.717, 1.165) is 36.5 Å². The molecule has 2 aliphatic carbocycles. The largest absolute Gasteiger partial charge is 0.494 e. The summed E-state index contributed by atoms with van der Waals surface area (Å²) in [6.07, 6.45) is 5.59. The quantitative estimate of drug-likeness (QED) is 0.497. The first kappa shape index (κ1) is 22.0. The molecule has 2 aromatic rings. The lowest BCUT2D eigenvalue weighted by Gasteiger charge is -2.54. The molecule has 166 valence electrons. The smallest absolute Gasteiger partial charge is 0.127 e. The summed E-state index contributed by atoms with van der Waals surface area (Å²) in [5.41, 5.74) is 1.44. The molecule has 0 bridgehead atoms. The van der Waals surface area contributed by atoms with Crippen molar-refractivity contribution in [2.24, 2.45) is 29.1 Å². The summed E-state index contributed by atoms with van der Waals surface area (Å²) in [7, 11) is 0. The van der Waals surface area contributed by atoms with Gasteiger partial charge in [-0.2, -0.15) is 0 Å². The molecule has 2 fully saturated rings. The van der Waals surface area contributed by atoms with Crippen LogP contribution >= 0.6 is 0 Å². The molecule has 0 amide bonds. The maximum atomic E-state index is 10.1. The van der Waals surface area contributed by atoms with E-state index < -0.39 is 0 Å². The lowest BCUT2D eigenvalue weighted by atomic mass is 9.51. The van der Waals surface area contributed by atoms with Gasteiger partial charge in [0.1, 0.15) is 17.2 Å². The predicted octanol–water partition coefficient (Wildman–Crippen LogP) is 6.87. The van der Waals surface area contributed by atoms with Gasteiger partial charge in [-0.1, -0.05) is 44.2 Å². The van der Waals surface area contributed by atoms with Crippen molar-refractivity contribution >= 4 is 0 Å². The van der Waals surface area contributed by atoms with Crippen LogP contribution in [0.2, 0.25) is 0 Å². The van der Waals surface area contributed by atoms with Crippen LogP contribution in [0.4, 0.5) is 0 Å². The van der Waals surface area contributed by atoms with E-state index >= 15 is 0 Å². The van der Waals surface area contributed by atoms with Crippen molar-refractivity contribution in [2.75, 3.05) is 13.2 Å². The van der Waals surface area contributed by atoms with Gasteiger partial charge in [0, 0.05) is 6.61 Å². The molecule has 2 aliphatic rings. The van der Waals surface area contributed by atoms with E-state index in [4.69, 9.17) is 9.47 Å². The third-order valence-corrected chi connectivity index (χ3v) is 7.81. The number of ether oxygens (including phenoxy) is 2. The van der Waals surface area contributed by atoms with Gasteiger partial charge in [0.2, 0.25) is 0 Å². The van der Waals surface area contributed by atoms with Crippen LogP contribution in [0.3, 0.4) is 0 Å². The van der Waals surface area contributed by atoms with Crippen LogP contribution in [0.5, 0.6) is 17.2 Å². The van der Waals surface area contributed by atoms with Crippen molar-refractivity contribution in [1.29, 1.82) is 0 Å². The fourth-order valence-electron chi connectivity index (χ4n) is 5.94. The number of para-hydroxylation sites is 1. The summed E-state index contributed by atoms with van der Waals surface area (Å²) in [6.45, 7) is 10.1. The summed E-state index contributed by atoms with van der Waals surface area (Å²) in [4.78, 5) is 0. The van der Waals surface area contributed by atoms with E-state index in [9.17, 15) is 5.11 Å². The van der Waals surface area contributed by atoms with Crippen molar-refractivity contribution in [1.82, 2.24) is 0 Å². The first-order valence-electron chi connectivity index (χ1n) is 11.7. The van der Waals surface area contributed by atoms with Gasteiger partial charge in [0.05, 0.1) is 6.61 Å². The van der Waals surface area contributed by atoms with Gasteiger partial charge < -0.3 is 14.6 Å². The summed E-state index contributed by atoms with van der Waals surface area (Å²) in [5, 5.41) is 10.1. The number of allylic oxidation sites excluding steroid dienone is 1. The molecule has 0 heterocycles. The molecule has 4 rings (SSSR count). The second kappa shape index (κ2) is 9.48. The molecular formula is C28H36O3. The van der Waals surface area contributed by atoms with Crippen LogP contribution in [-0.2, 0) is 0 Å². The number of rotatable bonds is 7. The van der Waals surface area contributed by atoms with E-state index in [1.165, 1.54) is 18.4 Å². The van der Waals surface area contributed by atoms with Crippen molar-refractivity contribution in [3.8, 4) is 17.2 Å². The summed E-state index contributed by atoms with van der Waals surface area (Å²) >= 11 is 0. The Balaban J connectivity index is 1.35. The highest BCUT2D eigenvalue weighted by Gasteiger charge is 2.49. The van der Waals surface area contributed by atoms with E-state index in [1.807, 2.05) is 54.6 Å². The van der Waals surface area contributed by atoms with Crippen LogP contribution < -0.4 is 9.47 Å². The third-order valence-electron chi connectivity index (χ3n) is 7.81. The van der Waals surface area contributed by atoms with Gasteiger partial charge in [0.15, 0.2) is 0 Å². The van der Waals surface area contributed by atoms with Gasteiger partial charge in [-0.3, -0.25) is 0 Å². The molecule has 0 spiro atoms. The number of aliphatic hydroxyl groups excluding tert-OH is 1. The highest BCUT2D eigenvalue weighted by molar-refractivity contribution is 5.35. The van der Waals surface area contributed by atoms with Gasteiger partial charge >= 0.3 is 0 Å². The standard InChI is InChI=1S/C28H36O3/c1-20-9-14-26-27(21(2)15-17-28(26,3)19-29)25(20)16-18-30-22-10-12-24(13-11-22)31-23-7-5-4-6-8-23/h4-8,10-13,21,25-27,29H,1,9,14-19H2,2-3H3/t21?,25-,26?,27-,28-/m0/s1. The van der Waals surface area contributed by atoms with Crippen LogP contribution in [0.25, 0.3) is 0 Å². The maximum absolute atomic E-state index is 10.1. The Hall–Kier alpha value is -2.26. The van der Waals surface area contributed by atoms with E-state index in [0.29, 0.717) is 36.9 Å². The molecule has 2 unspecified atom stereocenters. The minimum absolute atomic E-state index is 0.0611. The molecule has 1 N–H and O–H groups in total. The number of aliphatic hydroxyl groups is 1. The van der Waals surface area contributed by atoms with Crippen LogP contribution in [0.1, 0.15) is 46.0 Å². The number of fused-ring (bicyclic) bond motifs is 1. The average molecular weight is 421 g/mol. The van der Waals surface area contributed by atoms with E-state index in [1.54, 1.807) is 0 Å². The third kappa shape index (κ3) is 4.82. The fourth-order valence-corrected chi connectivity index (χ4v) is 5.94. The molecule has 3 nitrogen and oxygen atoms in total. The Labute approximate surface area is 187 Å². The lowest BCUT2D eigenvalue weighted by Crippen LogP contribution is -2.48. The second-order valence-corrected chi connectivity index (χ2v) is 9.84. The minimum atomic E-state index is 0.0611. The van der Waals surface area contributed by atoms with E-state index in [-0.39, 0.29) is 5.41 Å². The Morgan fingerprint density at radius 2 is 1.68 bits per heavy atom. The number of benzene rings is 2. The fraction of sp³-hybridized carbons (Fsp3) is 0.500. The monoisotopic (exact) mass is 420 g/mol. The van der Waals surface area contributed by atoms with Gasteiger partial charge in [-0.15, -0.1) is 0 Å². The molecule has 0 saturated heterocycles. The Morgan fingerprint density at radius 1 is 1.00 bits per heavy atom. The van der Waals surface area contributed by atoms with Gasteiger partial charge in [0.25, 0.3) is 0 Å². The zero-order valence-electron chi connectivity index (χ0n) is 18.9. The molecule has 0 aliphatic heterocycles. The van der Waals surface area contributed by atoms with Crippen LogP contribution in [0.15, 0.2) is 66.7 Å². The topological polar surface area (TPSA) is 38.7 Å². The summed E-state index contributed by atoms with van der Waals surface area (Å²) in [6, 6.07) is 17.7. The Bertz CT molecular complexity index is 860. The molecular weight excluding hydrogens is 384 g/mol. The molecule has 5 atom stereocenters. The molecule has 3 heteroatoms. The predicted molar refractivity (Wildman–Crippen MR) is 126 cm³/mol. The van der Waals surface area contributed by atoms with Gasteiger partial charge in [-0.05, 0) is 97.6 Å². The molecule has 2 aromatic carbocycles. The molecule has 0 aromatic heterocycles. The lowest BCUT2D eigenvalue weighted by molar-refractivity contribution is -0.0557. The van der Waals surface area contributed by atoms with Crippen molar-refractivity contribution < 1.29 is 14.6 Å². The summed E-state index contributed by atoms with van der Waals surface area (Å²) in [5.74, 6) is 4.87. The van der Waals surface area contributed by atoms with Crippen LogP contribution in [-0.4, -0.2) is 18.3 Å². The Morgan fingerprint density at radius 3 is 2.39 bits per heavy atom. The van der Waals surface area contributed by atoms with Crippen LogP contribution in [0, 0.1) is 29.1 Å². The Kier molecular flexibility index (Phi) is 6.71. The highest BCUT2D eigenvalue weighted by atomic mass is 16.5. The normalized spacial score (nSPS) is 30.5. The van der Waals surface area contributed by atoms with Crippen molar-refractivity contribution in [3.63, 3.8) is 0 Å². The molecule has 2 saturated carbocycles. The second-order valence-electron chi connectivity index (χ2n) is 9.84. The summed E-state index contributed by atoms with van der Waals surface area (Å²) < 4.78 is 12.0. The number of hydrogen-bond donors (Lipinski definition) is 1. The average Bonchev–Trinajstić information content (AvgIpc) is 2.79. The molecule has 31 heavy (non-hydrogen) atoms. The first-order valence-corrected chi connectivity index (χ1v) is 11.7. The van der Waals surface area contributed by atoms with Gasteiger partial charge in [-0.25, -0.2) is 0 Å². The van der Waals surface area contributed by atoms with Crippen molar-refractivity contribution in [3.05, 3.63) is 66.7 Å². The zero-order chi connectivity index (χ0) is 21.8.